The fourth-order valence-corrected chi connectivity index (χ4v) is 5.50. The van der Waals surface area contributed by atoms with E-state index in [2.05, 4.69) is 5.10 Å². The van der Waals surface area contributed by atoms with Crippen molar-refractivity contribution in [2.45, 2.75) is 64.7 Å². The van der Waals surface area contributed by atoms with Crippen LogP contribution in [0.4, 0.5) is 0 Å². The molecule has 0 radical (unpaired) electrons. The highest BCUT2D eigenvalue weighted by atomic mass is 16.5. The van der Waals surface area contributed by atoms with Crippen LogP contribution in [0.15, 0.2) is 30.7 Å². The van der Waals surface area contributed by atoms with Crippen LogP contribution in [-0.4, -0.2) is 70.0 Å². The highest BCUT2D eigenvalue weighted by Gasteiger charge is 2.27. The van der Waals surface area contributed by atoms with E-state index in [1.165, 1.54) is 0 Å². The van der Waals surface area contributed by atoms with Gasteiger partial charge in [-0.1, -0.05) is 0 Å². The second-order valence-electron chi connectivity index (χ2n) is 11.0. The lowest BCUT2D eigenvalue weighted by Gasteiger charge is -2.32. The largest absolute Gasteiger partial charge is 0.490 e. The maximum absolute atomic E-state index is 12.5. The fourth-order valence-electron chi connectivity index (χ4n) is 5.50. The molecule has 2 aliphatic rings. The second kappa shape index (κ2) is 12.6. The van der Waals surface area contributed by atoms with Gasteiger partial charge in [0.2, 0.25) is 11.8 Å². The number of hydrogen-bond donors (Lipinski definition) is 1. The summed E-state index contributed by atoms with van der Waals surface area (Å²) in [4.78, 5) is 31.2. The van der Waals surface area contributed by atoms with Crippen molar-refractivity contribution in [1.29, 1.82) is 5.26 Å². The number of carbonyl (C=O) groups excluding carboxylic acids is 2. The minimum absolute atomic E-state index is 0.156. The standard InChI is InChI=1S/C30H36N6O5/c1-19(2)40-27-13-24-23(12-25(27)29(32)38)26(21-14-34-36(17-21)16-20-6-10-39-11-7-20)15-33-30(24)41-22-4-3-9-35(18-22)28(37)5-8-31/h12-15,17,19-20,22H,3-7,9-11,16,18H2,1-2H3,(H2,32,38)/t22-/m1/s1. The monoisotopic (exact) mass is 560 g/mol. The van der Waals surface area contributed by atoms with E-state index in [4.69, 9.17) is 30.2 Å². The van der Waals surface area contributed by atoms with Gasteiger partial charge in [0.1, 0.15) is 18.3 Å². The minimum Gasteiger partial charge on any atom is -0.490 e. The molecule has 216 valence electrons. The molecule has 0 spiro atoms. The first-order valence-electron chi connectivity index (χ1n) is 14.2. The van der Waals surface area contributed by atoms with Gasteiger partial charge in [0.15, 0.2) is 0 Å². The first kappa shape index (κ1) is 28.4. The van der Waals surface area contributed by atoms with E-state index >= 15 is 0 Å². The van der Waals surface area contributed by atoms with Crippen LogP contribution in [0.1, 0.15) is 56.3 Å². The highest BCUT2D eigenvalue weighted by Crippen LogP contribution is 2.38. The molecule has 11 heteroatoms. The molecule has 2 amide bonds. The van der Waals surface area contributed by atoms with E-state index < -0.39 is 5.91 Å². The SMILES string of the molecule is CC(C)Oc1cc2c(O[C@@H]3CCCN(C(=O)CC#N)C3)ncc(-c3cnn(CC4CCOCC4)c3)c2cc1C(N)=O. The molecule has 4 heterocycles. The maximum Gasteiger partial charge on any atom is 0.252 e. The summed E-state index contributed by atoms with van der Waals surface area (Å²) in [5.74, 6) is 0.442. The van der Waals surface area contributed by atoms with E-state index in [1.807, 2.05) is 30.8 Å². The predicted octanol–water partition coefficient (Wildman–Crippen LogP) is 3.69. The van der Waals surface area contributed by atoms with Crippen molar-refractivity contribution >= 4 is 22.6 Å². The van der Waals surface area contributed by atoms with Gasteiger partial charge in [0.05, 0.1) is 30.5 Å². The summed E-state index contributed by atoms with van der Waals surface area (Å²) in [5, 5.41) is 15.0. The third-order valence-corrected chi connectivity index (χ3v) is 7.55. The number of amides is 2. The first-order valence-corrected chi connectivity index (χ1v) is 14.2. The summed E-state index contributed by atoms with van der Waals surface area (Å²) < 4.78 is 19.8. The topological polar surface area (TPSA) is 146 Å². The van der Waals surface area contributed by atoms with Gasteiger partial charge in [-0.05, 0) is 63.0 Å². The van der Waals surface area contributed by atoms with Gasteiger partial charge in [0.25, 0.3) is 5.91 Å². The number of nitrogens with two attached hydrogens (primary N) is 1. The molecule has 1 aromatic carbocycles. The summed E-state index contributed by atoms with van der Waals surface area (Å²) in [7, 11) is 0. The Morgan fingerprint density at radius 3 is 2.73 bits per heavy atom. The van der Waals surface area contributed by atoms with E-state index in [0.29, 0.717) is 36.0 Å². The van der Waals surface area contributed by atoms with Gasteiger partial charge < -0.3 is 24.8 Å². The predicted molar refractivity (Wildman–Crippen MR) is 151 cm³/mol. The lowest BCUT2D eigenvalue weighted by molar-refractivity contribution is -0.132. The Balaban J connectivity index is 1.52. The molecule has 2 saturated heterocycles. The quantitative estimate of drug-likeness (QED) is 0.417. The molecule has 2 N–H and O–H groups in total. The zero-order chi connectivity index (χ0) is 28.9. The maximum atomic E-state index is 12.5. The molecular weight excluding hydrogens is 524 g/mol. The van der Waals surface area contributed by atoms with E-state index in [0.717, 1.165) is 62.0 Å². The number of nitriles is 1. The Labute approximate surface area is 239 Å². The number of pyridine rings is 1. The molecule has 5 rings (SSSR count). The smallest absolute Gasteiger partial charge is 0.252 e. The number of ether oxygens (including phenoxy) is 3. The fraction of sp³-hybridized carbons (Fsp3) is 0.500. The van der Waals surface area contributed by atoms with Gasteiger partial charge >= 0.3 is 0 Å². The average molecular weight is 561 g/mol. The number of rotatable bonds is 9. The van der Waals surface area contributed by atoms with Gasteiger partial charge in [-0.25, -0.2) is 4.98 Å². The Kier molecular flexibility index (Phi) is 8.69. The molecule has 2 aromatic heterocycles. The van der Waals surface area contributed by atoms with Gasteiger partial charge in [-0.2, -0.15) is 10.4 Å². The van der Waals surface area contributed by atoms with Crippen LogP contribution in [0.5, 0.6) is 11.6 Å². The van der Waals surface area contributed by atoms with Gasteiger partial charge in [-0.3, -0.25) is 14.3 Å². The number of likely N-dealkylation sites (tertiary alicyclic amines) is 1. The zero-order valence-corrected chi connectivity index (χ0v) is 23.5. The lowest BCUT2D eigenvalue weighted by Crippen LogP contribution is -2.44. The van der Waals surface area contributed by atoms with Crippen molar-refractivity contribution in [2.75, 3.05) is 26.3 Å². The van der Waals surface area contributed by atoms with Crippen LogP contribution in [0.2, 0.25) is 0 Å². The molecule has 0 bridgehead atoms. The molecule has 2 aliphatic heterocycles. The van der Waals surface area contributed by atoms with Crippen molar-refractivity contribution in [3.63, 3.8) is 0 Å². The molecule has 0 unspecified atom stereocenters. The van der Waals surface area contributed by atoms with E-state index in [-0.39, 0.29) is 30.1 Å². The number of hydrogen-bond acceptors (Lipinski definition) is 8. The van der Waals surface area contributed by atoms with Gasteiger partial charge in [-0.15, -0.1) is 0 Å². The Bertz CT molecular complexity index is 1460. The second-order valence-corrected chi connectivity index (χ2v) is 11.0. The minimum atomic E-state index is -0.595. The van der Waals surface area contributed by atoms with E-state index in [9.17, 15) is 9.59 Å². The van der Waals surface area contributed by atoms with Crippen LogP contribution in [0, 0.1) is 17.2 Å². The molecular formula is C30H36N6O5. The summed E-state index contributed by atoms with van der Waals surface area (Å²) in [6, 6.07) is 5.42. The highest BCUT2D eigenvalue weighted by molar-refractivity contribution is 6.06. The van der Waals surface area contributed by atoms with Crippen molar-refractivity contribution in [3.8, 4) is 28.8 Å². The first-order chi connectivity index (χ1) is 19.8. The molecule has 11 nitrogen and oxygen atoms in total. The van der Waals surface area contributed by atoms with Crippen LogP contribution in [0.3, 0.4) is 0 Å². The molecule has 0 saturated carbocycles. The number of benzene rings is 1. The Hall–Kier alpha value is -4.17. The summed E-state index contributed by atoms with van der Waals surface area (Å²) in [6.07, 6.45) is 8.41. The molecule has 41 heavy (non-hydrogen) atoms. The van der Waals surface area contributed by atoms with E-state index in [1.54, 1.807) is 29.4 Å². The van der Waals surface area contributed by atoms with Gasteiger partial charge in [0, 0.05) is 55.2 Å². The van der Waals surface area contributed by atoms with Crippen molar-refractivity contribution in [3.05, 3.63) is 36.3 Å². The van der Waals surface area contributed by atoms with Crippen LogP contribution >= 0.6 is 0 Å². The normalized spacial score (nSPS) is 17.9. The van der Waals surface area contributed by atoms with Crippen molar-refractivity contribution < 1.29 is 23.8 Å². The number of fused-ring (bicyclic) bond motifs is 1. The summed E-state index contributed by atoms with van der Waals surface area (Å²) in [5.41, 5.74) is 7.70. The number of nitrogens with zero attached hydrogens (tertiary/aromatic N) is 5. The molecule has 1 atom stereocenters. The van der Waals surface area contributed by atoms with Crippen molar-refractivity contribution in [1.82, 2.24) is 19.7 Å². The molecule has 0 aliphatic carbocycles. The number of aromatic nitrogens is 3. The molecule has 2 fully saturated rings. The van der Waals surface area contributed by atoms with Crippen LogP contribution in [-0.2, 0) is 16.1 Å². The third kappa shape index (κ3) is 6.60. The summed E-state index contributed by atoms with van der Waals surface area (Å²) >= 11 is 0. The summed E-state index contributed by atoms with van der Waals surface area (Å²) in [6.45, 7) is 7.08. The van der Waals surface area contributed by atoms with Crippen LogP contribution in [0.25, 0.3) is 21.9 Å². The number of piperidine rings is 1. The Morgan fingerprint density at radius 2 is 2.00 bits per heavy atom. The third-order valence-electron chi connectivity index (χ3n) is 7.55. The number of carbonyl (C=O) groups is 2. The van der Waals surface area contributed by atoms with Crippen molar-refractivity contribution in [2.24, 2.45) is 11.7 Å². The number of primary amides is 1. The average Bonchev–Trinajstić information content (AvgIpc) is 3.41. The zero-order valence-electron chi connectivity index (χ0n) is 23.5. The van der Waals surface area contributed by atoms with Crippen LogP contribution < -0.4 is 15.2 Å². The molecule has 3 aromatic rings. The Morgan fingerprint density at radius 1 is 1.20 bits per heavy atom. The lowest BCUT2D eigenvalue weighted by atomic mass is 9.99.